The summed E-state index contributed by atoms with van der Waals surface area (Å²) in [6, 6.07) is 0. The molecule has 0 heterocycles. The van der Waals surface area contributed by atoms with Crippen LogP contribution >= 0.6 is 7.82 Å². The van der Waals surface area contributed by atoms with E-state index < -0.39 is 26.5 Å². The zero-order chi connectivity index (χ0) is 68.3. The molecule has 0 spiro atoms. The number of esters is 2. The number of likely N-dealkylation sites (N-methyl/N-ethyl adjacent to an activating group) is 1. The largest absolute Gasteiger partial charge is 0.756 e. The Labute approximate surface area is 581 Å². The zero-order valence-corrected chi connectivity index (χ0v) is 62.5. The molecule has 0 amide bonds. The van der Waals surface area contributed by atoms with E-state index in [1.807, 2.05) is 21.1 Å². The molecule has 0 radical (unpaired) electrons. The zero-order valence-electron chi connectivity index (χ0n) is 61.6. The molecule has 2 atom stereocenters. The lowest BCUT2D eigenvalue weighted by atomic mass is 10.0. The minimum absolute atomic E-state index is 0.0334. The molecular weight excluding hydrogens is 1180 g/mol. The average Bonchev–Trinajstić information content (AvgIpc) is 1.56. The number of ether oxygens (including phenoxy) is 2. The summed E-state index contributed by atoms with van der Waals surface area (Å²) in [7, 11) is 1.17. The van der Waals surface area contributed by atoms with Crippen molar-refractivity contribution in [3.8, 4) is 0 Å². The lowest BCUT2D eigenvalue weighted by Gasteiger charge is -2.28. The first-order chi connectivity index (χ1) is 46.0. The van der Waals surface area contributed by atoms with Gasteiger partial charge in [0.15, 0.2) is 6.10 Å². The molecule has 0 saturated carbocycles. The Morgan fingerprint density at radius 1 is 0.330 bits per heavy atom. The van der Waals surface area contributed by atoms with E-state index in [0.717, 1.165) is 109 Å². The molecule has 0 rings (SSSR count). The van der Waals surface area contributed by atoms with Crippen molar-refractivity contribution in [2.45, 2.75) is 341 Å². The van der Waals surface area contributed by atoms with Crippen molar-refractivity contribution < 1.29 is 42.1 Å². The van der Waals surface area contributed by atoms with E-state index in [1.54, 1.807) is 0 Å². The number of carbonyl (C=O) groups is 2. The molecular formula is C84H146NO8P. The molecule has 0 aliphatic heterocycles. The van der Waals surface area contributed by atoms with E-state index in [9.17, 15) is 19.0 Å². The van der Waals surface area contributed by atoms with Crippen molar-refractivity contribution in [2.75, 3.05) is 47.5 Å². The van der Waals surface area contributed by atoms with Crippen LogP contribution in [-0.2, 0) is 32.7 Å². The average molecular weight is 1330 g/mol. The Kier molecular flexibility index (Phi) is 70.4. The van der Waals surface area contributed by atoms with Gasteiger partial charge in [-0.25, -0.2) is 0 Å². The van der Waals surface area contributed by atoms with E-state index in [0.29, 0.717) is 17.4 Å². The summed E-state index contributed by atoms with van der Waals surface area (Å²) in [4.78, 5) is 38.2. The molecule has 0 aromatic heterocycles. The summed E-state index contributed by atoms with van der Waals surface area (Å²) in [5.74, 6) is -0.824. The van der Waals surface area contributed by atoms with Crippen molar-refractivity contribution in [3.05, 3.63) is 134 Å². The number of allylic oxidation sites excluding steroid dienone is 22. The van der Waals surface area contributed by atoms with Gasteiger partial charge in [-0.3, -0.25) is 14.2 Å². The molecule has 0 saturated heterocycles. The van der Waals surface area contributed by atoms with Crippen molar-refractivity contribution in [3.63, 3.8) is 0 Å². The predicted octanol–water partition coefficient (Wildman–Crippen LogP) is 25.3. The van der Waals surface area contributed by atoms with Crippen LogP contribution in [0.5, 0.6) is 0 Å². The van der Waals surface area contributed by atoms with Crippen LogP contribution in [0.2, 0.25) is 0 Å². The Balaban J connectivity index is 3.97. The van der Waals surface area contributed by atoms with Crippen LogP contribution in [0.15, 0.2) is 134 Å². The monoisotopic (exact) mass is 1330 g/mol. The summed E-state index contributed by atoms with van der Waals surface area (Å²) in [5.41, 5.74) is 0. The fourth-order valence-corrected chi connectivity index (χ4v) is 11.5. The predicted molar refractivity (Wildman–Crippen MR) is 406 cm³/mol. The molecule has 0 N–H and O–H groups in total. The fraction of sp³-hybridized carbons (Fsp3) is 0.714. The van der Waals surface area contributed by atoms with Gasteiger partial charge in [0.25, 0.3) is 7.82 Å². The summed E-state index contributed by atoms with van der Waals surface area (Å²) in [6.45, 7) is 4.04. The quantitative estimate of drug-likeness (QED) is 0.0195. The maximum absolute atomic E-state index is 12.9. The van der Waals surface area contributed by atoms with Crippen LogP contribution in [0.1, 0.15) is 335 Å². The van der Waals surface area contributed by atoms with E-state index in [1.165, 1.54) is 193 Å². The van der Waals surface area contributed by atoms with E-state index in [4.69, 9.17) is 18.5 Å². The summed E-state index contributed by atoms with van der Waals surface area (Å²) in [6.07, 6.45) is 107. The van der Waals surface area contributed by atoms with Crippen LogP contribution in [0.25, 0.3) is 0 Å². The van der Waals surface area contributed by atoms with Gasteiger partial charge in [-0.1, -0.05) is 347 Å². The van der Waals surface area contributed by atoms with Gasteiger partial charge in [0.05, 0.1) is 27.7 Å². The number of nitrogens with zero attached hydrogens (tertiary/aromatic N) is 1. The third-order valence-corrected chi connectivity index (χ3v) is 17.6. The minimum Gasteiger partial charge on any atom is -0.756 e. The van der Waals surface area contributed by atoms with Gasteiger partial charge in [-0.2, -0.15) is 0 Å². The number of quaternary nitrogens is 1. The first-order valence-corrected chi connectivity index (χ1v) is 40.4. The Bertz CT molecular complexity index is 2050. The Hall–Kier alpha value is -3.85. The first-order valence-electron chi connectivity index (χ1n) is 38.9. The molecule has 9 nitrogen and oxygen atoms in total. The van der Waals surface area contributed by atoms with Crippen LogP contribution in [0.4, 0.5) is 0 Å². The normalized spacial score (nSPS) is 13.8. The van der Waals surface area contributed by atoms with Crippen molar-refractivity contribution in [1.29, 1.82) is 0 Å². The SMILES string of the molecule is CC/C=C\C/C=C\C/C=C\C/C=C\C/C=C\C/C=C\CCCCCCCCCCCCCCCCCCCCCCC(=O)OC(COC(=O)CCCCCCCCCCCCCCCCC/C=C\C/C=C\C/C=C\C/C=C\C/C=C\CC)COP(=O)([O-])OCC[N+](C)(C)C. The molecule has 0 aromatic rings. The number of carbonyl (C=O) groups excluding carboxylic acids is 2. The van der Waals surface area contributed by atoms with E-state index in [-0.39, 0.29) is 32.0 Å². The van der Waals surface area contributed by atoms with E-state index >= 15 is 0 Å². The van der Waals surface area contributed by atoms with Crippen molar-refractivity contribution >= 4 is 19.8 Å². The minimum atomic E-state index is -4.65. The smallest absolute Gasteiger partial charge is 0.306 e. The lowest BCUT2D eigenvalue weighted by molar-refractivity contribution is -0.870. The first kappa shape index (κ1) is 90.2. The maximum atomic E-state index is 12.9. The van der Waals surface area contributed by atoms with Crippen molar-refractivity contribution in [1.82, 2.24) is 0 Å². The number of phosphoric ester groups is 1. The third-order valence-electron chi connectivity index (χ3n) is 16.7. The standard InChI is InChI=1S/C84H146NO8P/c1-6-8-10-12-14-16-18-20-22-24-26-28-30-32-34-36-38-39-40-41-42-43-44-45-47-49-51-53-55-57-59-61-63-65-67-69-71-73-75-77-84(87)93-82(81-92-94(88,89)91-79-78-85(3,4)5)80-90-83(86)76-74-72-70-68-66-64-62-60-58-56-54-52-50-48-46-37-35-33-31-29-27-25-23-21-19-17-15-13-11-9-7-2/h8-11,14-17,20-23,26-29,32-35,38-39,82H,6-7,12-13,18-19,24-25,30-31,36-37,40-81H2,1-5H3/b10-8-,11-9-,16-14-,17-15-,22-20-,23-21-,28-26-,29-27-,34-32-,35-33-,39-38-. The van der Waals surface area contributed by atoms with Crippen LogP contribution < -0.4 is 4.89 Å². The van der Waals surface area contributed by atoms with Gasteiger partial charge in [-0.05, 0) is 109 Å². The molecule has 2 unspecified atom stereocenters. The highest BCUT2D eigenvalue weighted by Crippen LogP contribution is 2.38. The highest BCUT2D eigenvalue weighted by atomic mass is 31.2. The van der Waals surface area contributed by atoms with Gasteiger partial charge in [0, 0.05) is 12.8 Å². The van der Waals surface area contributed by atoms with Gasteiger partial charge in [-0.15, -0.1) is 0 Å². The topological polar surface area (TPSA) is 111 Å². The molecule has 0 aliphatic carbocycles. The Morgan fingerprint density at radius 2 is 0.574 bits per heavy atom. The second-order valence-corrected chi connectivity index (χ2v) is 28.4. The summed E-state index contributed by atoms with van der Waals surface area (Å²) >= 11 is 0. The molecule has 0 bridgehead atoms. The van der Waals surface area contributed by atoms with E-state index in [2.05, 4.69) is 148 Å². The van der Waals surface area contributed by atoms with Crippen LogP contribution in [0, 0.1) is 0 Å². The second kappa shape index (κ2) is 73.4. The van der Waals surface area contributed by atoms with Gasteiger partial charge in [0.2, 0.25) is 0 Å². The van der Waals surface area contributed by atoms with Crippen molar-refractivity contribution in [2.24, 2.45) is 0 Å². The molecule has 540 valence electrons. The molecule has 94 heavy (non-hydrogen) atoms. The molecule has 10 heteroatoms. The molecule has 0 fully saturated rings. The number of hydrogen-bond acceptors (Lipinski definition) is 8. The van der Waals surface area contributed by atoms with Crippen LogP contribution in [0.3, 0.4) is 0 Å². The van der Waals surface area contributed by atoms with Gasteiger partial charge >= 0.3 is 11.9 Å². The number of unbranched alkanes of at least 4 members (excludes halogenated alkanes) is 35. The fourth-order valence-electron chi connectivity index (χ4n) is 10.8. The summed E-state index contributed by atoms with van der Waals surface area (Å²) in [5, 5.41) is 0. The second-order valence-electron chi connectivity index (χ2n) is 27.0. The highest BCUT2D eigenvalue weighted by Gasteiger charge is 2.22. The van der Waals surface area contributed by atoms with Crippen LogP contribution in [-0.4, -0.2) is 70.0 Å². The number of rotatable bonds is 71. The maximum Gasteiger partial charge on any atom is 0.306 e. The van der Waals surface area contributed by atoms with Gasteiger partial charge in [0.1, 0.15) is 19.8 Å². The third kappa shape index (κ3) is 77.2. The number of phosphoric acid groups is 1. The lowest BCUT2D eigenvalue weighted by Crippen LogP contribution is -2.37. The molecule has 0 aromatic carbocycles. The summed E-state index contributed by atoms with van der Waals surface area (Å²) < 4.78 is 34.4. The highest BCUT2D eigenvalue weighted by molar-refractivity contribution is 7.45. The molecule has 0 aliphatic rings. The van der Waals surface area contributed by atoms with Gasteiger partial charge < -0.3 is 27.9 Å². The number of hydrogen-bond donors (Lipinski definition) is 0. The Morgan fingerprint density at radius 3 is 0.851 bits per heavy atom.